The zero-order chi connectivity index (χ0) is 22.1. The van der Waals surface area contributed by atoms with E-state index in [1.165, 1.54) is 34.1 Å². The molecule has 2 amide bonds. The number of hydrogen-bond acceptors (Lipinski definition) is 6. The highest BCUT2D eigenvalue weighted by atomic mass is 16.5. The highest BCUT2D eigenvalue weighted by molar-refractivity contribution is 5.97. The first-order valence-corrected chi connectivity index (χ1v) is 9.11. The summed E-state index contributed by atoms with van der Waals surface area (Å²) in [4.78, 5) is 35.3. The van der Waals surface area contributed by atoms with Gasteiger partial charge in [-0.3, -0.25) is 9.59 Å². The van der Waals surface area contributed by atoms with E-state index in [2.05, 4.69) is 10.6 Å². The molecule has 8 nitrogen and oxygen atoms in total. The van der Waals surface area contributed by atoms with E-state index in [0.29, 0.717) is 28.4 Å². The first-order valence-electron chi connectivity index (χ1n) is 9.11. The number of anilines is 2. The lowest BCUT2D eigenvalue weighted by Crippen LogP contribution is -2.29. The van der Waals surface area contributed by atoms with Crippen molar-refractivity contribution in [1.29, 1.82) is 0 Å². The van der Waals surface area contributed by atoms with Crippen LogP contribution in [0.3, 0.4) is 0 Å². The van der Waals surface area contributed by atoms with Crippen LogP contribution < -0.4 is 20.1 Å². The van der Waals surface area contributed by atoms with Crippen LogP contribution in [0, 0.1) is 0 Å². The van der Waals surface area contributed by atoms with Gasteiger partial charge in [-0.05, 0) is 55.0 Å². The third-order valence-corrected chi connectivity index (χ3v) is 3.92. The number of hydrogen-bond donors (Lipinski definition) is 2. The maximum absolute atomic E-state index is 12.2. The molecule has 2 aromatic carbocycles. The van der Waals surface area contributed by atoms with Gasteiger partial charge in [-0.25, -0.2) is 4.79 Å². The van der Waals surface area contributed by atoms with Gasteiger partial charge < -0.3 is 24.8 Å². The molecular weight excluding hydrogens is 388 g/mol. The predicted octanol–water partition coefficient (Wildman–Crippen LogP) is 3.25. The molecule has 0 unspecified atom stereocenters. The summed E-state index contributed by atoms with van der Waals surface area (Å²) in [6.07, 6.45) is 1.76. The van der Waals surface area contributed by atoms with E-state index in [-0.39, 0.29) is 5.91 Å². The van der Waals surface area contributed by atoms with E-state index in [9.17, 15) is 14.4 Å². The third-order valence-electron chi connectivity index (χ3n) is 3.92. The molecule has 8 heteroatoms. The minimum atomic E-state index is -1.00. The molecule has 0 aliphatic carbocycles. The van der Waals surface area contributed by atoms with Crippen molar-refractivity contribution in [1.82, 2.24) is 0 Å². The van der Waals surface area contributed by atoms with E-state index in [0.717, 1.165) is 0 Å². The molecule has 30 heavy (non-hydrogen) atoms. The third kappa shape index (κ3) is 6.97. The molecule has 0 saturated heterocycles. The lowest BCUT2D eigenvalue weighted by atomic mass is 10.2. The van der Waals surface area contributed by atoms with Gasteiger partial charge in [0.05, 0.1) is 14.2 Å². The minimum absolute atomic E-state index is 0.187. The van der Waals surface area contributed by atoms with Crippen molar-refractivity contribution in [2.45, 2.75) is 20.0 Å². The first kappa shape index (κ1) is 22.5. The Morgan fingerprint density at radius 1 is 0.900 bits per heavy atom. The van der Waals surface area contributed by atoms with Crippen molar-refractivity contribution < 1.29 is 28.6 Å². The molecule has 0 bridgehead atoms. The summed E-state index contributed by atoms with van der Waals surface area (Å²) in [5.74, 6) is -0.167. The Labute approximate surface area is 174 Å². The van der Waals surface area contributed by atoms with Crippen molar-refractivity contribution in [2.24, 2.45) is 0 Å². The minimum Gasteiger partial charge on any atom is -0.497 e. The van der Waals surface area contributed by atoms with Gasteiger partial charge in [0.1, 0.15) is 11.5 Å². The summed E-state index contributed by atoms with van der Waals surface area (Å²) in [5, 5.41) is 5.28. The highest BCUT2D eigenvalue weighted by Crippen LogP contribution is 2.23. The fraction of sp³-hybridized carbons (Fsp3) is 0.227. The molecule has 2 aromatic rings. The van der Waals surface area contributed by atoms with Gasteiger partial charge in [0.15, 0.2) is 6.10 Å². The predicted molar refractivity (Wildman–Crippen MR) is 114 cm³/mol. The molecule has 0 aromatic heterocycles. The van der Waals surface area contributed by atoms with Crippen molar-refractivity contribution in [2.75, 3.05) is 24.9 Å². The highest BCUT2D eigenvalue weighted by Gasteiger charge is 2.16. The largest absolute Gasteiger partial charge is 0.497 e. The van der Waals surface area contributed by atoms with Gasteiger partial charge in [-0.2, -0.15) is 0 Å². The number of carbonyl (C=O) groups excluding carboxylic acids is 3. The second-order valence-corrected chi connectivity index (χ2v) is 6.31. The Balaban J connectivity index is 1.92. The van der Waals surface area contributed by atoms with E-state index >= 15 is 0 Å². The van der Waals surface area contributed by atoms with Crippen molar-refractivity contribution >= 4 is 35.2 Å². The van der Waals surface area contributed by atoms with E-state index in [1.807, 2.05) is 0 Å². The standard InChI is InChI=1S/C22H24N2O6/c1-14(22(27)24-18-8-6-17(7-9-18)23-15(2)25)30-21(26)10-5-16-11-19(28-3)13-20(12-16)29-4/h5-14H,1-4H3,(H,23,25)(H,24,27)/b10-5+/t14-/m1/s1. The topological polar surface area (TPSA) is 103 Å². The Bertz CT molecular complexity index is 915. The molecule has 2 rings (SSSR count). The van der Waals surface area contributed by atoms with Crippen LogP contribution in [0.4, 0.5) is 11.4 Å². The smallest absolute Gasteiger partial charge is 0.331 e. The fourth-order valence-electron chi connectivity index (χ4n) is 2.44. The number of benzene rings is 2. The zero-order valence-electron chi connectivity index (χ0n) is 17.2. The summed E-state index contributed by atoms with van der Waals surface area (Å²) >= 11 is 0. The second-order valence-electron chi connectivity index (χ2n) is 6.31. The van der Waals surface area contributed by atoms with Crippen molar-refractivity contribution in [3.63, 3.8) is 0 Å². The van der Waals surface area contributed by atoms with Gasteiger partial charge in [-0.1, -0.05) is 0 Å². The SMILES string of the molecule is COc1cc(/C=C/C(=O)O[C@H](C)C(=O)Nc2ccc(NC(C)=O)cc2)cc(OC)c1. The van der Waals surface area contributed by atoms with Crippen LogP contribution in [0.5, 0.6) is 11.5 Å². The lowest BCUT2D eigenvalue weighted by molar-refractivity contribution is -0.148. The molecular formula is C22H24N2O6. The molecule has 158 valence electrons. The quantitative estimate of drug-likeness (QED) is 0.510. The Morgan fingerprint density at radius 2 is 1.43 bits per heavy atom. The molecule has 0 aliphatic heterocycles. The zero-order valence-corrected chi connectivity index (χ0v) is 17.2. The normalized spacial score (nSPS) is 11.5. The molecule has 0 spiro atoms. The van der Waals surface area contributed by atoms with E-state index in [4.69, 9.17) is 14.2 Å². The molecule has 0 aliphatic rings. The summed E-state index contributed by atoms with van der Waals surface area (Å²) in [6.45, 7) is 2.88. The van der Waals surface area contributed by atoms with Gasteiger partial charge >= 0.3 is 5.97 Å². The van der Waals surface area contributed by atoms with Gasteiger partial charge in [0, 0.05) is 30.4 Å². The number of methoxy groups -OCH3 is 2. The number of esters is 1. The van der Waals surface area contributed by atoms with Crippen LogP contribution in [-0.4, -0.2) is 38.1 Å². The number of ether oxygens (including phenoxy) is 3. The van der Waals surface area contributed by atoms with Crippen LogP contribution in [-0.2, 0) is 19.1 Å². The maximum atomic E-state index is 12.2. The maximum Gasteiger partial charge on any atom is 0.331 e. The average Bonchev–Trinajstić information content (AvgIpc) is 2.72. The monoisotopic (exact) mass is 412 g/mol. The number of rotatable bonds is 8. The fourth-order valence-corrected chi connectivity index (χ4v) is 2.44. The van der Waals surface area contributed by atoms with Crippen molar-refractivity contribution in [3.05, 3.63) is 54.1 Å². The Kier molecular flexibility index (Phi) is 7.99. The molecule has 1 atom stereocenters. The molecule has 2 N–H and O–H groups in total. The lowest BCUT2D eigenvalue weighted by Gasteiger charge is -2.13. The van der Waals surface area contributed by atoms with Gasteiger partial charge in [0.2, 0.25) is 5.91 Å². The van der Waals surface area contributed by atoms with E-state index in [1.54, 1.807) is 48.5 Å². The van der Waals surface area contributed by atoms with Gasteiger partial charge in [0.25, 0.3) is 5.91 Å². The molecule has 0 heterocycles. The second kappa shape index (κ2) is 10.7. The van der Waals surface area contributed by atoms with Crippen LogP contribution >= 0.6 is 0 Å². The summed E-state index contributed by atoms with van der Waals surface area (Å²) < 4.78 is 15.5. The number of carbonyl (C=O) groups is 3. The van der Waals surface area contributed by atoms with Crippen LogP contribution in [0.2, 0.25) is 0 Å². The average molecular weight is 412 g/mol. The Morgan fingerprint density at radius 3 is 1.93 bits per heavy atom. The van der Waals surface area contributed by atoms with Crippen LogP contribution in [0.1, 0.15) is 19.4 Å². The summed E-state index contributed by atoms with van der Waals surface area (Å²) in [7, 11) is 3.06. The molecule has 0 fully saturated rings. The first-order chi connectivity index (χ1) is 14.3. The van der Waals surface area contributed by atoms with Crippen LogP contribution in [0.25, 0.3) is 6.08 Å². The van der Waals surface area contributed by atoms with E-state index < -0.39 is 18.0 Å². The molecule has 0 radical (unpaired) electrons. The number of nitrogens with one attached hydrogen (secondary N) is 2. The molecule has 0 saturated carbocycles. The number of amides is 2. The van der Waals surface area contributed by atoms with Crippen LogP contribution in [0.15, 0.2) is 48.5 Å². The summed E-state index contributed by atoms with van der Waals surface area (Å²) in [6, 6.07) is 11.7. The van der Waals surface area contributed by atoms with Crippen molar-refractivity contribution in [3.8, 4) is 11.5 Å². The Hall–Kier alpha value is -3.81. The van der Waals surface area contributed by atoms with Gasteiger partial charge in [-0.15, -0.1) is 0 Å². The summed E-state index contributed by atoms with van der Waals surface area (Å²) in [5.41, 5.74) is 1.80.